The fraction of sp³-hybridized carbons (Fsp3) is 0.878. The molecule has 0 aliphatic rings. The van der Waals surface area contributed by atoms with E-state index in [2.05, 4.69) is 26.0 Å². The lowest BCUT2D eigenvalue weighted by Crippen LogP contribution is -2.37. The number of carbonyl (C=O) groups excluding carboxylic acids is 1. The molecule has 2 unspecified atom stereocenters. The Hall–Kier alpha value is -1.18. The van der Waals surface area contributed by atoms with E-state index in [9.17, 15) is 14.3 Å². The topological polar surface area (TPSA) is 91.3 Å². The van der Waals surface area contributed by atoms with Crippen molar-refractivity contribution in [3.8, 4) is 0 Å². The average Bonchev–Trinajstić information content (AvgIpc) is 3.06. The van der Waals surface area contributed by atoms with E-state index in [1.807, 2.05) is 27.2 Å². The molecular formula is C41H81NO7P+. The van der Waals surface area contributed by atoms with Crippen molar-refractivity contribution in [1.29, 1.82) is 0 Å². The number of hydrogen-bond donors (Lipinski definition) is 1. The lowest BCUT2D eigenvalue weighted by Gasteiger charge is -2.24. The summed E-state index contributed by atoms with van der Waals surface area (Å²) in [5, 5.41) is 0. The van der Waals surface area contributed by atoms with Gasteiger partial charge in [-0.1, -0.05) is 142 Å². The quantitative estimate of drug-likeness (QED) is 0.0169. The van der Waals surface area contributed by atoms with Crippen molar-refractivity contribution in [2.24, 2.45) is 0 Å². The van der Waals surface area contributed by atoms with E-state index in [0.717, 1.165) is 32.1 Å². The summed E-state index contributed by atoms with van der Waals surface area (Å²) < 4.78 is 34.7. The molecule has 0 amide bonds. The van der Waals surface area contributed by atoms with Crippen LogP contribution in [0.2, 0.25) is 0 Å². The molecule has 1 N–H and O–H groups in total. The van der Waals surface area contributed by atoms with Crippen LogP contribution in [0.15, 0.2) is 24.5 Å². The van der Waals surface area contributed by atoms with Crippen molar-refractivity contribution < 1.29 is 37.3 Å². The lowest BCUT2D eigenvalue weighted by molar-refractivity contribution is -0.870. The third kappa shape index (κ3) is 38.1. The Morgan fingerprint density at radius 1 is 0.620 bits per heavy atom. The van der Waals surface area contributed by atoms with Crippen LogP contribution in [0.25, 0.3) is 0 Å². The predicted octanol–water partition coefficient (Wildman–Crippen LogP) is 12.0. The summed E-state index contributed by atoms with van der Waals surface area (Å²) in [6.07, 6.45) is 38.8. The van der Waals surface area contributed by atoms with E-state index in [1.165, 1.54) is 128 Å². The highest BCUT2D eigenvalue weighted by atomic mass is 31.2. The maximum Gasteiger partial charge on any atom is 0.472 e. The van der Waals surface area contributed by atoms with E-state index in [0.29, 0.717) is 17.4 Å². The Kier molecular flexibility index (Phi) is 34.1. The normalized spacial score (nSPS) is 14.0. The van der Waals surface area contributed by atoms with Crippen LogP contribution < -0.4 is 0 Å². The summed E-state index contributed by atoms with van der Waals surface area (Å²) in [6, 6.07) is 0. The molecule has 296 valence electrons. The summed E-state index contributed by atoms with van der Waals surface area (Å²) in [7, 11) is 1.67. The molecule has 0 aliphatic heterocycles. The van der Waals surface area contributed by atoms with Gasteiger partial charge in [0.2, 0.25) is 0 Å². The number of rotatable bonds is 38. The van der Waals surface area contributed by atoms with Crippen molar-refractivity contribution in [3.05, 3.63) is 24.5 Å². The maximum absolute atomic E-state index is 12.4. The number of allylic oxidation sites excluding steroid dienone is 3. The standard InChI is InChI=1S/C41H80NO7P/c1-6-8-10-12-14-16-18-20-21-22-23-25-27-29-31-33-36-46-40(39-49-50(44,45)48-37-35-42(3,4)5)38-47-41(43)34-32-30-28-26-24-19-17-15-13-11-9-7-2/h16,18,33,36,40H,6-15,17,19-32,34-35,37-39H2,1-5H3/p+1/b18-16-,36-33-. The summed E-state index contributed by atoms with van der Waals surface area (Å²) in [5.74, 6) is -0.278. The fourth-order valence-corrected chi connectivity index (χ4v) is 6.27. The summed E-state index contributed by atoms with van der Waals surface area (Å²) in [5.41, 5.74) is 0. The van der Waals surface area contributed by atoms with Crippen LogP contribution in [0.3, 0.4) is 0 Å². The molecule has 2 atom stereocenters. The van der Waals surface area contributed by atoms with Crippen LogP contribution in [0.1, 0.15) is 181 Å². The third-order valence-electron chi connectivity index (χ3n) is 8.85. The molecule has 0 heterocycles. The van der Waals surface area contributed by atoms with Crippen molar-refractivity contribution in [2.75, 3.05) is 47.5 Å². The number of hydrogen-bond acceptors (Lipinski definition) is 6. The smallest absolute Gasteiger partial charge is 0.472 e. The molecule has 0 aromatic carbocycles. The number of carbonyl (C=O) groups is 1. The van der Waals surface area contributed by atoms with Gasteiger partial charge < -0.3 is 18.9 Å². The second-order valence-electron chi connectivity index (χ2n) is 15.1. The van der Waals surface area contributed by atoms with Gasteiger partial charge in [0.05, 0.1) is 34.0 Å². The molecule has 9 heteroatoms. The zero-order chi connectivity index (χ0) is 37.0. The number of esters is 1. The molecule has 0 fully saturated rings. The van der Waals surface area contributed by atoms with E-state index in [-0.39, 0.29) is 25.8 Å². The van der Waals surface area contributed by atoms with Crippen LogP contribution in [0.4, 0.5) is 0 Å². The molecule has 8 nitrogen and oxygen atoms in total. The zero-order valence-corrected chi connectivity index (χ0v) is 34.3. The minimum atomic E-state index is -4.26. The molecule has 0 spiro atoms. The lowest BCUT2D eigenvalue weighted by atomic mass is 10.0. The van der Waals surface area contributed by atoms with Crippen molar-refractivity contribution in [3.63, 3.8) is 0 Å². The van der Waals surface area contributed by atoms with Gasteiger partial charge in [0.15, 0.2) is 6.10 Å². The van der Waals surface area contributed by atoms with E-state index in [1.54, 1.807) is 6.26 Å². The van der Waals surface area contributed by atoms with Gasteiger partial charge in [-0.25, -0.2) is 4.57 Å². The number of phosphoric acid groups is 1. The Labute approximate surface area is 309 Å². The SMILES string of the molecule is CCCCCC/C=C\CCCCCCCC/C=C\OC(COC(=O)CCCCCCCCCCCCCC)COP(=O)(O)OCC[N+](C)(C)C. The third-order valence-corrected chi connectivity index (χ3v) is 9.84. The first-order chi connectivity index (χ1) is 24.1. The monoisotopic (exact) mass is 731 g/mol. The first-order valence-electron chi connectivity index (χ1n) is 20.6. The Morgan fingerprint density at radius 3 is 1.56 bits per heavy atom. The van der Waals surface area contributed by atoms with Gasteiger partial charge in [0, 0.05) is 6.42 Å². The fourth-order valence-electron chi connectivity index (χ4n) is 5.53. The molecule has 0 aliphatic carbocycles. The van der Waals surface area contributed by atoms with Crippen molar-refractivity contribution in [1.82, 2.24) is 0 Å². The molecule has 0 aromatic rings. The molecule has 0 aromatic heterocycles. The number of phosphoric ester groups is 1. The summed E-state index contributed by atoms with van der Waals surface area (Å²) >= 11 is 0. The van der Waals surface area contributed by atoms with Crippen LogP contribution in [0.5, 0.6) is 0 Å². The molecule has 0 saturated carbocycles. The summed E-state index contributed by atoms with van der Waals surface area (Å²) in [6.45, 7) is 4.89. The average molecular weight is 731 g/mol. The second-order valence-corrected chi connectivity index (χ2v) is 16.5. The molecule has 0 saturated heterocycles. The minimum Gasteiger partial charge on any atom is -0.492 e. The zero-order valence-electron chi connectivity index (χ0n) is 33.4. The molecule has 0 bridgehead atoms. The Morgan fingerprint density at radius 2 is 1.06 bits per heavy atom. The largest absolute Gasteiger partial charge is 0.492 e. The highest BCUT2D eigenvalue weighted by Crippen LogP contribution is 2.43. The van der Waals surface area contributed by atoms with Crippen molar-refractivity contribution >= 4 is 13.8 Å². The number of quaternary nitrogens is 1. The van der Waals surface area contributed by atoms with E-state index >= 15 is 0 Å². The van der Waals surface area contributed by atoms with Gasteiger partial charge in [0.1, 0.15) is 19.8 Å². The van der Waals surface area contributed by atoms with Crippen LogP contribution in [-0.2, 0) is 27.9 Å². The maximum atomic E-state index is 12.4. The molecule has 50 heavy (non-hydrogen) atoms. The highest BCUT2D eigenvalue weighted by molar-refractivity contribution is 7.47. The number of unbranched alkanes of at least 4 members (excludes halogenated alkanes) is 22. The van der Waals surface area contributed by atoms with Gasteiger partial charge in [0.25, 0.3) is 0 Å². The van der Waals surface area contributed by atoms with E-state index < -0.39 is 13.9 Å². The highest BCUT2D eigenvalue weighted by Gasteiger charge is 2.25. The number of ether oxygens (including phenoxy) is 2. The van der Waals surface area contributed by atoms with Gasteiger partial charge in [-0.3, -0.25) is 13.8 Å². The molecule has 0 radical (unpaired) electrons. The minimum absolute atomic E-state index is 0.0473. The molecular weight excluding hydrogens is 649 g/mol. The first kappa shape index (κ1) is 48.8. The van der Waals surface area contributed by atoms with Crippen molar-refractivity contribution in [2.45, 2.75) is 187 Å². The van der Waals surface area contributed by atoms with Crippen LogP contribution in [-0.4, -0.2) is 69.0 Å². The Bertz CT molecular complexity index is 858. The van der Waals surface area contributed by atoms with Gasteiger partial charge in [-0.2, -0.15) is 0 Å². The Balaban J connectivity index is 4.32. The number of likely N-dealkylation sites (N-methyl/N-ethyl adjacent to an activating group) is 1. The summed E-state index contributed by atoms with van der Waals surface area (Å²) in [4.78, 5) is 22.6. The van der Waals surface area contributed by atoms with Crippen LogP contribution in [0, 0.1) is 0 Å². The first-order valence-corrected chi connectivity index (χ1v) is 22.1. The molecule has 0 rings (SSSR count). The second kappa shape index (κ2) is 34.9. The number of nitrogens with zero attached hydrogens (tertiary/aromatic N) is 1. The van der Waals surface area contributed by atoms with Gasteiger partial charge in [-0.15, -0.1) is 0 Å². The van der Waals surface area contributed by atoms with Gasteiger partial charge >= 0.3 is 13.8 Å². The predicted molar refractivity (Wildman–Crippen MR) is 210 cm³/mol. The van der Waals surface area contributed by atoms with Gasteiger partial charge in [-0.05, 0) is 51.0 Å². The van der Waals surface area contributed by atoms with Crippen LogP contribution >= 0.6 is 7.82 Å². The van der Waals surface area contributed by atoms with E-state index in [4.69, 9.17) is 18.5 Å².